The van der Waals surface area contributed by atoms with Crippen LogP contribution in [0.15, 0.2) is 53.4 Å². The predicted octanol–water partition coefficient (Wildman–Crippen LogP) is 6.08. The molecule has 0 radical (unpaired) electrons. The van der Waals surface area contributed by atoms with Gasteiger partial charge in [-0.2, -0.15) is 0 Å². The van der Waals surface area contributed by atoms with E-state index in [0.29, 0.717) is 23.3 Å². The summed E-state index contributed by atoms with van der Waals surface area (Å²) in [5.74, 6) is 1.02. The van der Waals surface area contributed by atoms with Crippen molar-refractivity contribution >= 4 is 28.8 Å². The second kappa shape index (κ2) is 7.12. The number of thioether (sulfide) groups is 1. The summed E-state index contributed by atoms with van der Waals surface area (Å²) >= 11 is 1.90. The molecule has 0 N–H and O–H groups in total. The van der Waals surface area contributed by atoms with Crippen LogP contribution in [-0.2, 0) is 11.2 Å². The zero-order chi connectivity index (χ0) is 18.1. The van der Waals surface area contributed by atoms with Gasteiger partial charge in [0.15, 0.2) is 0 Å². The van der Waals surface area contributed by atoms with Crippen LogP contribution in [0.3, 0.4) is 0 Å². The van der Waals surface area contributed by atoms with Crippen molar-refractivity contribution in [2.75, 3.05) is 0 Å². The molecule has 0 aromatic heterocycles. The molecule has 0 spiro atoms. The number of benzene rings is 3. The summed E-state index contributed by atoms with van der Waals surface area (Å²) in [6.45, 7) is 1.91. The Hall–Kier alpha value is -2.33. The Bertz CT molecular complexity index is 962. The van der Waals surface area contributed by atoms with Crippen LogP contribution in [-0.4, -0.2) is 11.5 Å². The zero-order valence-electron chi connectivity index (χ0n) is 14.5. The molecule has 4 rings (SSSR count). The van der Waals surface area contributed by atoms with Crippen molar-refractivity contribution < 1.29 is 13.9 Å². The molecule has 0 amide bonds. The molecule has 1 aliphatic rings. The van der Waals surface area contributed by atoms with Gasteiger partial charge in [0.1, 0.15) is 23.6 Å². The molecule has 0 aliphatic heterocycles. The maximum atomic E-state index is 13.8. The minimum atomic E-state index is -0.305. The Kier molecular flexibility index (Phi) is 4.68. The van der Waals surface area contributed by atoms with E-state index >= 15 is 0 Å². The maximum Gasteiger partial charge on any atom is 0.138 e. The molecule has 2 nitrogen and oxygen atoms in total. The largest absolute Gasteiger partial charge is 0.456 e. The monoisotopic (exact) mass is 366 g/mol. The SMILES string of the molecule is Cc1c(CC=O)cc2ccc(F)cc2c1Oc1ccc(SC2CC2)cc1. The third-order valence-electron chi connectivity index (χ3n) is 4.59. The summed E-state index contributed by atoms with van der Waals surface area (Å²) in [7, 11) is 0. The van der Waals surface area contributed by atoms with E-state index < -0.39 is 0 Å². The van der Waals surface area contributed by atoms with Crippen LogP contribution >= 0.6 is 11.8 Å². The van der Waals surface area contributed by atoms with Gasteiger partial charge < -0.3 is 9.53 Å². The van der Waals surface area contributed by atoms with Crippen LogP contribution < -0.4 is 4.74 Å². The molecular formula is C22H19FO2S. The van der Waals surface area contributed by atoms with E-state index in [0.717, 1.165) is 28.0 Å². The first-order valence-corrected chi connectivity index (χ1v) is 9.62. The fourth-order valence-corrected chi connectivity index (χ4v) is 4.06. The molecular weight excluding hydrogens is 347 g/mol. The van der Waals surface area contributed by atoms with Crippen molar-refractivity contribution in [3.63, 3.8) is 0 Å². The van der Waals surface area contributed by atoms with Crippen LogP contribution in [0.4, 0.5) is 4.39 Å². The van der Waals surface area contributed by atoms with Gasteiger partial charge in [0.25, 0.3) is 0 Å². The lowest BCUT2D eigenvalue weighted by atomic mass is 9.98. The summed E-state index contributed by atoms with van der Waals surface area (Å²) in [6, 6.07) is 14.6. The normalized spacial score (nSPS) is 13.8. The lowest BCUT2D eigenvalue weighted by molar-refractivity contribution is -0.107. The number of aldehydes is 1. The molecule has 1 aliphatic carbocycles. The van der Waals surface area contributed by atoms with E-state index in [1.54, 1.807) is 6.07 Å². The predicted molar refractivity (Wildman–Crippen MR) is 104 cm³/mol. The molecule has 0 unspecified atom stereocenters. The number of rotatable bonds is 6. The number of fused-ring (bicyclic) bond motifs is 1. The third-order valence-corrected chi connectivity index (χ3v) is 5.94. The summed E-state index contributed by atoms with van der Waals surface area (Å²) in [6.07, 6.45) is 3.78. The minimum absolute atomic E-state index is 0.305. The molecule has 3 aromatic rings. The molecule has 132 valence electrons. The van der Waals surface area contributed by atoms with E-state index in [1.807, 2.05) is 36.9 Å². The first-order chi connectivity index (χ1) is 12.6. The highest BCUT2D eigenvalue weighted by Crippen LogP contribution is 2.40. The van der Waals surface area contributed by atoms with Gasteiger partial charge in [0.2, 0.25) is 0 Å². The van der Waals surface area contributed by atoms with E-state index in [1.165, 1.54) is 29.9 Å². The minimum Gasteiger partial charge on any atom is -0.456 e. The molecule has 26 heavy (non-hydrogen) atoms. The van der Waals surface area contributed by atoms with Crippen molar-refractivity contribution in [1.29, 1.82) is 0 Å². The Morgan fingerprint density at radius 2 is 1.92 bits per heavy atom. The number of halogens is 1. The van der Waals surface area contributed by atoms with Gasteiger partial charge in [-0.15, -0.1) is 11.8 Å². The standard InChI is InChI=1S/C22H19FO2S/c1-14-15(10-11-24)12-16-2-3-17(23)13-21(16)22(14)25-18-4-6-19(7-5-18)26-20-8-9-20/h2-7,11-13,20H,8-10H2,1H3. The Morgan fingerprint density at radius 1 is 1.15 bits per heavy atom. The highest BCUT2D eigenvalue weighted by Gasteiger charge is 2.22. The summed E-state index contributed by atoms with van der Waals surface area (Å²) in [4.78, 5) is 12.3. The third kappa shape index (κ3) is 3.61. The van der Waals surface area contributed by atoms with Gasteiger partial charge in [-0.25, -0.2) is 4.39 Å². The molecule has 1 fully saturated rings. The van der Waals surface area contributed by atoms with Crippen molar-refractivity contribution in [3.8, 4) is 11.5 Å². The second-order valence-electron chi connectivity index (χ2n) is 6.62. The Morgan fingerprint density at radius 3 is 2.62 bits per heavy atom. The topological polar surface area (TPSA) is 26.3 Å². The molecule has 0 bridgehead atoms. The van der Waals surface area contributed by atoms with Gasteiger partial charge in [-0.3, -0.25) is 0 Å². The summed E-state index contributed by atoms with van der Waals surface area (Å²) in [5, 5.41) is 2.34. The van der Waals surface area contributed by atoms with Crippen molar-refractivity contribution in [2.24, 2.45) is 0 Å². The second-order valence-corrected chi connectivity index (χ2v) is 7.99. The van der Waals surface area contributed by atoms with Gasteiger partial charge >= 0.3 is 0 Å². The van der Waals surface area contributed by atoms with Gasteiger partial charge in [0, 0.05) is 22.0 Å². The van der Waals surface area contributed by atoms with E-state index in [-0.39, 0.29) is 5.82 Å². The first kappa shape index (κ1) is 17.1. The Labute approximate surface area is 156 Å². The van der Waals surface area contributed by atoms with E-state index in [2.05, 4.69) is 12.1 Å². The fraction of sp³-hybridized carbons (Fsp3) is 0.227. The fourth-order valence-electron chi connectivity index (χ4n) is 3.01. The molecule has 0 atom stereocenters. The van der Waals surface area contributed by atoms with Crippen LogP contribution in [0, 0.1) is 12.7 Å². The van der Waals surface area contributed by atoms with Crippen LogP contribution in [0.1, 0.15) is 24.0 Å². The average Bonchev–Trinajstić information content (AvgIpc) is 3.45. The summed E-state index contributed by atoms with van der Waals surface area (Å²) < 4.78 is 19.9. The zero-order valence-corrected chi connectivity index (χ0v) is 15.3. The van der Waals surface area contributed by atoms with Crippen LogP contribution in [0.2, 0.25) is 0 Å². The number of hydrogen-bond donors (Lipinski definition) is 0. The number of carbonyl (C=O) groups is 1. The van der Waals surface area contributed by atoms with E-state index in [4.69, 9.17) is 4.74 Å². The van der Waals surface area contributed by atoms with Gasteiger partial charge in [-0.05, 0) is 72.7 Å². The highest BCUT2D eigenvalue weighted by atomic mass is 32.2. The molecule has 3 aromatic carbocycles. The Balaban J connectivity index is 1.72. The smallest absolute Gasteiger partial charge is 0.138 e. The van der Waals surface area contributed by atoms with E-state index in [9.17, 15) is 9.18 Å². The molecule has 0 heterocycles. The van der Waals surface area contributed by atoms with Gasteiger partial charge in [-0.1, -0.05) is 12.1 Å². The quantitative estimate of drug-likeness (QED) is 0.495. The molecule has 4 heteroatoms. The highest BCUT2D eigenvalue weighted by molar-refractivity contribution is 8.00. The lowest BCUT2D eigenvalue weighted by Crippen LogP contribution is -1.97. The first-order valence-electron chi connectivity index (χ1n) is 8.74. The van der Waals surface area contributed by atoms with Crippen molar-refractivity contribution in [1.82, 2.24) is 0 Å². The summed E-state index contributed by atoms with van der Waals surface area (Å²) in [5.41, 5.74) is 1.77. The van der Waals surface area contributed by atoms with Crippen molar-refractivity contribution in [3.05, 3.63) is 65.5 Å². The van der Waals surface area contributed by atoms with Crippen molar-refractivity contribution in [2.45, 2.75) is 36.3 Å². The maximum absolute atomic E-state index is 13.8. The molecule has 1 saturated carbocycles. The molecule has 0 saturated heterocycles. The van der Waals surface area contributed by atoms with Gasteiger partial charge in [0.05, 0.1) is 0 Å². The van der Waals surface area contributed by atoms with Crippen LogP contribution in [0.25, 0.3) is 10.8 Å². The van der Waals surface area contributed by atoms with Crippen LogP contribution in [0.5, 0.6) is 11.5 Å². The lowest BCUT2D eigenvalue weighted by Gasteiger charge is -2.15. The number of ether oxygens (including phenoxy) is 1. The number of hydrogen-bond acceptors (Lipinski definition) is 3. The average molecular weight is 366 g/mol. The number of carbonyl (C=O) groups excluding carboxylic acids is 1.